The smallest absolute Gasteiger partial charge is 0.253 e. The topological polar surface area (TPSA) is 49.0 Å². The number of H-pyrrole nitrogens is 1. The molecule has 0 unspecified atom stereocenters. The van der Waals surface area contributed by atoms with E-state index in [1.54, 1.807) is 6.20 Å². The van der Waals surface area contributed by atoms with Crippen LogP contribution in [0.25, 0.3) is 0 Å². The first-order valence-electron chi connectivity index (χ1n) is 8.71. The lowest BCUT2D eigenvalue weighted by Crippen LogP contribution is -2.39. The summed E-state index contributed by atoms with van der Waals surface area (Å²) in [7, 11) is 0. The number of aromatic amines is 1. The molecular weight excluding hydrogens is 286 g/mol. The molecule has 1 amide bonds. The van der Waals surface area contributed by atoms with Gasteiger partial charge in [0, 0.05) is 36.5 Å². The van der Waals surface area contributed by atoms with Gasteiger partial charge in [-0.15, -0.1) is 0 Å². The molecule has 1 atom stereocenters. The summed E-state index contributed by atoms with van der Waals surface area (Å²) in [5.74, 6) is 0.565. The molecule has 2 aliphatic rings. The Balaban J connectivity index is 1.52. The summed E-state index contributed by atoms with van der Waals surface area (Å²) in [5.41, 5.74) is 4.81. The molecule has 1 aliphatic carbocycles. The van der Waals surface area contributed by atoms with E-state index in [4.69, 9.17) is 0 Å². The number of aromatic nitrogens is 2. The number of aryl methyl sites for hydroxylation is 2. The lowest BCUT2D eigenvalue weighted by atomic mass is 9.89. The molecule has 1 N–H and O–H groups in total. The number of rotatable bonds is 2. The first-order chi connectivity index (χ1) is 11.3. The minimum atomic E-state index is 0.183. The first kappa shape index (κ1) is 14.5. The van der Waals surface area contributed by atoms with Crippen molar-refractivity contribution in [2.75, 3.05) is 13.1 Å². The maximum Gasteiger partial charge on any atom is 0.253 e. The van der Waals surface area contributed by atoms with Crippen LogP contribution in [0.1, 0.15) is 58.8 Å². The molecule has 1 fully saturated rings. The van der Waals surface area contributed by atoms with Crippen LogP contribution in [0.2, 0.25) is 0 Å². The van der Waals surface area contributed by atoms with Gasteiger partial charge in [-0.25, -0.2) is 0 Å². The number of hydrogen-bond donors (Lipinski definition) is 1. The van der Waals surface area contributed by atoms with Gasteiger partial charge in [-0.3, -0.25) is 9.89 Å². The summed E-state index contributed by atoms with van der Waals surface area (Å²) in [6, 6.07) is 8.35. The molecule has 23 heavy (non-hydrogen) atoms. The van der Waals surface area contributed by atoms with E-state index < -0.39 is 0 Å². The Morgan fingerprint density at radius 3 is 2.83 bits per heavy atom. The third kappa shape index (κ3) is 2.90. The number of carbonyl (C=O) groups excluding carboxylic acids is 1. The molecule has 0 radical (unpaired) electrons. The number of hydrogen-bond acceptors (Lipinski definition) is 2. The zero-order valence-electron chi connectivity index (χ0n) is 13.4. The second-order valence-corrected chi connectivity index (χ2v) is 6.79. The molecule has 4 rings (SSSR count). The number of piperidine rings is 1. The minimum Gasteiger partial charge on any atom is -0.338 e. The third-order valence-electron chi connectivity index (χ3n) is 5.27. The van der Waals surface area contributed by atoms with E-state index >= 15 is 0 Å². The van der Waals surface area contributed by atoms with Crippen molar-refractivity contribution < 1.29 is 4.79 Å². The molecule has 1 aliphatic heterocycles. The fourth-order valence-electron chi connectivity index (χ4n) is 3.96. The van der Waals surface area contributed by atoms with Gasteiger partial charge in [-0.1, -0.05) is 6.07 Å². The second kappa shape index (κ2) is 6.19. The van der Waals surface area contributed by atoms with E-state index in [-0.39, 0.29) is 5.91 Å². The van der Waals surface area contributed by atoms with Gasteiger partial charge in [0.2, 0.25) is 0 Å². The van der Waals surface area contributed by atoms with Gasteiger partial charge in [0.15, 0.2) is 0 Å². The van der Waals surface area contributed by atoms with Crippen molar-refractivity contribution >= 4 is 5.91 Å². The van der Waals surface area contributed by atoms with Crippen LogP contribution in [0, 0.1) is 0 Å². The number of benzene rings is 1. The number of amides is 1. The van der Waals surface area contributed by atoms with Crippen LogP contribution in [0.4, 0.5) is 0 Å². The van der Waals surface area contributed by atoms with Gasteiger partial charge < -0.3 is 4.90 Å². The van der Waals surface area contributed by atoms with Crippen molar-refractivity contribution in [1.29, 1.82) is 0 Å². The lowest BCUT2D eigenvalue weighted by Gasteiger charge is -2.32. The van der Waals surface area contributed by atoms with Crippen molar-refractivity contribution in [2.45, 2.75) is 44.4 Å². The van der Waals surface area contributed by atoms with Crippen LogP contribution < -0.4 is 0 Å². The van der Waals surface area contributed by atoms with Gasteiger partial charge in [-0.05, 0) is 67.9 Å². The Labute approximate surface area is 136 Å². The molecule has 120 valence electrons. The summed E-state index contributed by atoms with van der Waals surface area (Å²) in [4.78, 5) is 14.9. The van der Waals surface area contributed by atoms with E-state index in [2.05, 4.69) is 22.3 Å². The quantitative estimate of drug-likeness (QED) is 0.925. The normalized spacial score (nSPS) is 21.0. The van der Waals surface area contributed by atoms with Crippen LogP contribution in [0.5, 0.6) is 0 Å². The highest BCUT2D eigenvalue weighted by Gasteiger charge is 2.26. The predicted molar refractivity (Wildman–Crippen MR) is 89.6 cm³/mol. The van der Waals surface area contributed by atoms with Crippen LogP contribution in [-0.2, 0) is 12.8 Å². The van der Waals surface area contributed by atoms with Crippen molar-refractivity contribution in [3.8, 4) is 0 Å². The maximum absolute atomic E-state index is 12.9. The highest BCUT2D eigenvalue weighted by molar-refractivity contribution is 5.94. The van der Waals surface area contributed by atoms with Gasteiger partial charge in [0.1, 0.15) is 0 Å². The van der Waals surface area contributed by atoms with E-state index in [1.807, 2.05) is 17.0 Å². The van der Waals surface area contributed by atoms with E-state index in [0.717, 1.165) is 50.0 Å². The number of fused-ring (bicyclic) bond motifs is 1. The maximum atomic E-state index is 12.9. The standard InChI is InChI=1S/C19H23N3O/c23-19(16-8-7-14-4-1-2-5-15(14)12-16)22-11-3-6-17(13-22)18-9-10-20-21-18/h7-10,12,17H,1-6,11,13H2,(H,20,21)/t17-/m1/s1. The average Bonchev–Trinajstić information content (AvgIpc) is 3.15. The Bertz CT molecular complexity index is 693. The highest BCUT2D eigenvalue weighted by atomic mass is 16.2. The van der Waals surface area contributed by atoms with E-state index in [0.29, 0.717) is 5.92 Å². The van der Waals surface area contributed by atoms with Gasteiger partial charge in [-0.2, -0.15) is 5.10 Å². The van der Waals surface area contributed by atoms with Crippen LogP contribution >= 0.6 is 0 Å². The monoisotopic (exact) mass is 309 g/mol. The Morgan fingerprint density at radius 1 is 1.13 bits per heavy atom. The molecule has 1 saturated heterocycles. The number of carbonyl (C=O) groups is 1. The third-order valence-corrected chi connectivity index (χ3v) is 5.27. The van der Waals surface area contributed by atoms with Gasteiger partial charge in [0.25, 0.3) is 5.91 Å². The summed E-state index contributed by atoms with van der Waals surface area (Å²) in [5, 5.41) is 7.10. The molecule has 4 nitrogen and oxygen atoms in total. The zero-order chi connectivity index (χ0) is 15.6. The van der Waals surface area contributed by atoms with Crippen molar-refractivity contribution in [1.82, 2.24) is 15.1 Å². The fourth-order valence-corrected chi connectivity index (χ4v) is 3.96. The van der Waals surface area contributed by atoms with Crippen LogP contribution in [0.15, 0.2) is 30.5 Å². The number of nitrogens with zero attached hydrogens (tertiary/aromatic N) is 2. The second-order valence-electron chi connectivity index (χ2n) is 6.79. The molecular formula is C19H23N3O. The van der Waals surface area contributed by atoms with Crippen molar-refractivity contribution in [3.63, 3.8) is 0 Å². The minimum absolute atomic E-state index is 0.183. The molecule has 1 aromatic carbocycles. The van der Waals surface area contributed by atoms with Crippen LogP contribution in [-0.4, -0.2) is 34.1 Å². The summed E-state index contributed by atoms with van der Waals surface area (Å²) in [6.07, 6.45) is 8.77. The molecule has 0 bridgehead atoms. The Hall–Kier alpha value is -2.10. The molecule has 2 heterocycles. The number of likely N-dealkylation sites (tertiary alicyclic amines) is 1. The average molecular weight is 309 g/mol. The Kier molecular flexibility index (Phi) is 3.90. The lowest BCUT2D eigenvalue weighted by molar-refractivity contribution is 0.0705. The fraction of sp³-hybridized carbons (Fsp3) is 0.474. The van der Waals surface area contributed by atoms with E-state index in [9.17, 15) is 4.79 Å². The summed E-state index contributed by atoms with van der Waals surface area (Å²) < 4.78 is 0. The summed E-state index contributed by atoms with van der Waals surface area (Å²) >= 11 is 0. The largest absolute Gasteiger partial charge is 0.338 e. The molecule has 4 heteroatoms. The zero-order valence-corrected chi connectivity index (χ0v) is 13.4. The van der Waals surface area contributed by atoms with Gasteiger partial charge >= 0.3 is 0 Å². The summed E-state index contributed by atoms with van der Waals surface area (Å²) in [6.45, 7) is 1.65. The molecule has 0 saturated carbocycles. The predicted octanol–water partition coefficient (Wildman–Crippen LogP) is 3.31. The Morgan fingerprint density at radius 2 is 2.00 bits per heavy atom. The first-order valence-corrected chi connectivity index (χ1v) is 8.71. The van der Waals surface area contributed by atoms with Crippen LogP contribution in [0.3, 0.4) is 0 Å². The highest BCUT2D eigenvalue weighted by Crippen LogP contribution is 2.27. The SMILES string of the molecule is O=C(c1ccc2c(c1)CCCC2)N1CCC[C@@H](c2ccn[nH]2)C1. The molecule has 0 spiro atoms. The van der Waals surface area contributed by atoms with Crippen molar-refractivity contribution in [3.05, 3.63) is 52.8 Å². The van der Waals surface area contributed by atoms with Crippen molar-refractivity contribution in [2.24, 2.45) is 0 Å². The van der Waals surface area contributed by atoms with Gasteiger partial charge in [0.05, 0.1) is 0 Å². The van der Waals surface area contributed by atoms with E-state index in [1.165, 1.54) is 24.0 Å². The number of nitrogens with one attached hydrogen (secondary N) is 1. The molecule has 2 aromatic rings. The molecule has 1 aromatic heterocycles.